The van der Waals surface area contributed by atoms with Crippen LogP contribution in [0.25, 0.3) is 0 Å². The Bertz CT molecular complexity index is 598. The number of hydrogen-bond acceptors (Lipinski definition) is 2. The van der Waals surface area contributed by atoms with Crippen molar-refractivity contribution < 1.29 is 9.18 Å². The molecule has 1 amide bonds. The van der Waals surface area contributed by atoms with E-state index >= 15 is 0 Å². The highest BCUT2D eigenvalue weighted by atomic mass is 32.2. The minimum atomic E-state index is -0.287. The first kappa shape index (κ1) is 14.6. The summed E-state index contributed by atoms with van der Waals surface area (Å²) in [5, 5.41) is 0. The van der Waals surface area contributed by atoms with Crippen molar-refractivity contribution in [2.24, 2.45) is 0 Å². The Kier molecular flexibility index (Phi) is 4.79. The number of amides is 1. The summed E-state index contributed by atoms with van der Waals surface area (Å²) in [6, 6.07) is 13.9. The molecule has 0 unspecified atom stereocenters. The van der Waals surface area contributed by atoms with Gasteiger partial charge in [-0.2, -0.15) is 0 Å². The van der Waals surface area contributed by atoms with E-state index in [0.29, 0.717) is 11.1 Å². The molecule has 0 aliphatic heterocycles. The molecule has 2 nitrogen and oxygen atoms in total. The maximum absolute atomic E-state index is 13.6. The van der Waals surface area contributed by atoms with Crippen LogP contribution in [-0.4, -0.2) is 24.1 Å². The van der Waals surface area contributed by atoms with Gasteiger partial charge in [-0.1, -0.05) is 18.2 Å². The summed E-state index contributed by atoms with van der Waals surface area (Å²) in [5.41, 5.74) is 1.13. The van der Waals surface area contributed by atoms with Gasteiger partial charge in [-0.25, -0.2) is 4.39 Å². The molecule has 2 aromatic carbocycles. The van der Waals surface area contributed by atoms with Gasteiger partial charge in [0.25, 0.3) is 5.91 Å². The molecule has 2 rings (SSSR count). The van der Waals surface area contributed by atoms with Gasteiger partial charge in [0.05, 0.1) is 0 Å². The third kappa shape index (κ3) is 3.39. The molecule has 0 aromatic heterocycles. The van der Waals surface area contributed by atoms with Crippen molar-refractivity contribution in [3.8, 4) is 0 Å². The number of carbonyl (C=O) groups is 1. The van der Waals surface area contributed by atoms with Crippen LogP contribution in [0.15, 0.2) is 53.4 Å². The first-order valence-electron chi connectivity index (χ1n) is 6.24. The van der Waals surface area contributed by atoms with Crippen LogP contribution in [-0.2, 0) is 6.54 Å². The zero-order chi connectivity index (χ0) is 14.5. The minimum Gasteiger partial charge on any atom is -0.337 e. The van der Waals surface area contributed by atoms with Crippen molar-refractivity contribution in [2.45, 2.75) is 11.4 Å². The van der Waals surface area contributed by atoms with Crippen LogP contribution >= 0.6 is 11.8 Å². The number of nitrogens with zero attached hydrogens (tertiary/aromatic N) is 1. The molecule has 0 heterocycles. The Labute approximate surface area is 122 Å². The molecule has 0 bridgehead atoms. The van der Waals surface area contributed by atoms with Gasteiger partial charge in [-0.05, 0) is 36.6 Å². The van der Waals surface area contributed by atoms with E-state index < -0.39 is 0 Å². The maximum Gasteiger partial charge on any atom is 0.253 e. The monoisotopic (exact) mass is 289 g/mol. The van der Waals surface area contributed by atoms with E-state index in [1.165, 1.54) is 11.0 Å². The van der Waals surface area contributed by atoms with Gasteiger partial charge >= 0.3 is 0 Å². The lowest BCUT2D eigenvalue weighted by atomic mass is 10.1. The van der Waals surface area contributed by atoms with E-state index in [1.54, 1.807) is 49.1 Å². The van der Waals surface area contributed by atoms with Crippen LogP contribution in [0.2, 0.25) is 0 Å². The molecular formula is C16H16FNOS. The standard InChI is InChI=1S/C16H16FNOS/c1-18(11-13-5-3-4-6-15(13)17)16(19)12-7-9-14(20-2)10-8-12/h3-10H,11H2,1-2H3. The topological polar surface area (TPSA) is 20.3 Å². The van der Waals surface area contributed by atoms with Crippen LogP contribution in [0.4, 0.5) is 4.39 Å². The summed E-state index contributed by atoms with van der Waals surface area (Å²) in [4.78, 5) is 14.9. The van der Waals surface area contributed by atoms with Gasteiger partial charge < -0.3 is 4.90 Å². The van der Waals surface area contributed by atoms with Crippen molar-refractivity contribution in [1.29, 1.82) is 0 Å². The Hall–Kier alpha value is -1.81. The second kappa shape index (κ2) is 6.57. The normalized spacial score (nSPS) is 10.3. The second-order valence-electron chi connectivity index (χ2n) is 4.48. The summed E-state index contributed by atoms with van der Waals surface area (Å²) >= 11 is 1.63. The highest BCUT2D eigenvalue weighted by Gasteiger charge is 2.13. The fraction of sp³-hybridized carbons (Fsp3) is 0.188. The van der Waals surface area contributed by atoms with Crippen molar-refractivity contribution in [2.75, 3.05) is 13.3 Å². The zero-order valence-electron chi connectivity index (χ0n) is 11.5. The molecule has 20 heavy (non-hydrogen) atoms. The molecule has 0 N–H and O–H groups in total. The third-order valence-electron chi connectivity index (χ3n) is 3.05. The quantitative estimate of drug-likeness (QED) is 0.798. The van der Waals surface area contributed by atoms with E-state index in [0.717, 1.165) is 4.90 Å². The number of carbonyl (C=O) groups excluding carboxylic acids is 1. The smallest absolute Gasteiger partial charge is 0.253 e. The van der Waals surface area contributed by atoms with Crippen molar-refractivity contribution in [3.05, 3.63) is 65.5 Å². The molecule has 0 spiro atoms. The maximum atomic E-state index is 13.6. The van der Waals surface area contributed by atoms with Crippen LogP contribution in [0, 0.1) is 5.82 Å². The van der Waals surface area contributed by atoms with E-state index in [1.807, 2.05) is 18.4 Å². The molecule has 0 aliphatic carbocycles. The van der Waals surface area contributed by atoms with Gasteiger partial charge in [0.15, 0.2) is 0 Å². The zero-order valence-corrected chi connectivity index (χ0v) is 12.3. The summed E-state index contributed by atoms with van der Waals surface area (Å²) < 4.78 is 13.6. The predicted octanol–water partition coefficient (Wildman–Crippen LogP) is 3.82. The average Bonchev–Trinajstić information content (AvgIpc) is 2.49. The number of thioether (sulfide) groups is 1. The molecule has 0 atom stereocenters. The van der Waals surface area contributed by atoms with Gasteiger partial charge in [0, 0.05) is 29.6 Å². The Morgan fingerprint density at radius 3 is 2.40 bits per heavy atom. The molecule has 0 saturated carbocycles. The van der Waals surface area contributed by atoms with Crippen LogP contribution in [0.5, 0.6) is 0 Å². The largest absolute Gasteiger partial charge is 0.337 e. The first-order valence-corrected chi connectivity index (χ1v) is 7.47. The number of rotatable bonds is 4. The van der Waals surface area contributed by atoms with Crippen molar-refractivity contribution in [1.82, 2.24) is 4.90 Å². The molecule has 0 aliphatic rings. The summed E-state index contributed by atoms with van der Waals surface area (Å²) in [5.74, 6) is -0.397. The highest BCUT2D eigenvalue weighted by molar-refractivity contribution is 7.98. The summed E-state index contributed by atoms with van der Waals surface area (Å²) in [6.07, 6.45) is 1.99. The fourth-order valence-electron chi connectivity index (χ4n) is 1.91. The predicted molar refractivity (Wildman–Crippen MR) is 80.4 cm³/mol. The lowest BCUT2D eigenvalue weighted by Gasteiger charge is -2.17. The van der Waals surface area contributed by atoms with Crippen LogP contribution < -0.4 is 0 Å². The molecule has 104 valence electrons. The molecule has 0 fully saturated rings. The Balaban J connectivity index is 2.10. The Morgan fingerprint density at radius 2 is 1.80 bits per heavy atom. The summed E-state index contributed by atoms with van der Waals surface area (Å²) in [7, 11) is 1.68. The number of benzene rings is 2. The lowest BCUT2D eigenvalue weighted by Crippen LogP contribution is -2.26. The van der Waals surface area contributed by atoms with Crippen LogP contribution in [0.1, 0.15) is 15.9 Å². The molecule has 2 aromatic rings. The SMILES string of the molecule is CSc1ccc(C(=O)N(C)Cc2ccccc2F)cc1. The lowest BCUT2D eigenvalue weighted by molar-refractivity contribution is 0.0784. The highest BCUT2D eigenvalue weighted by Crippen LogP contribution is 2.16. The van der Waals surface area contributed by atoms with Gasteiger partial charge in [0.2, 0.25) is 0 Å². The summed E-state index contributed by atoms with van der Waals surface area (Å²) in [6.45, 7) is 0.260. The Morgan fingerprint density at radius 1 is 1.15 bits per heavy atom. The van der Waals surface area contributed by atoms with Crippen molar-refractivity contribution in [3.63, 3.8) is 0 Å². The number of hydrogen-bond donors (Lipinski definition) is 0. The first-order chi connectivity index (χ1) is 9.61. The van der Waals surface area contributed by atoms with Gasteiger partial charge in [-0.3, -0.25) is 4.79 Å². The average molecular weight is 289 g/mol. The molecule has 4 heteroatoms. The fourth-order valence-corrected chi connectivity index (χ4v) is 2.32. The third-order valence-corrected chi connectivity index (χ3v) is 3.79. The molecule has 0 saturated heterocycles. The molecule has 0 radical (unpaired) electrons. The minimum absolute atomic E-state index is 0.110. The molecular weight excluding hydrogens is 273 g/mol. The van der Waals surface area contributed by atoms with E-state index in [4.69, 9.17) is 0 Å². The van der Waals surface area contributed by atoms with Crippen molar-refractivity contribution >= 4 is 17.7 Å². The van der Waals surface area contributed by atoms with E-state index in [2.05, 4.69) is 0 Å². The second-order valence-corrected chi connectivity index (χ2v) is 5.36. The van der Waals surface area contributed by atoms with Gasteiger partial charge in [0.1, 0.15) is 5.82 Å². The number of halogens is 1. The van der Waals surface area contributed by atoms with Gasteiger partial charge in [-0.15, -0.1) is 11.8 Å². The van der Waals surface area contributed by atoms with Crippen LogP contribution in [0.3, 0.4) is 0 Å². The van der Waals surface area contributed by atoms with E-state index in [-0.39, 0.29) is 18.3 Å². The van der Waals surface area contributed by atoms with E-state index in [9.17, 15) is 9.18 Å².